The quantitative estimate of drug-likeness (QED) is 0.489. The van der Waals surface area contributed by atoms with Gasteiger partial charge in [-0.25, -0.2) is 4.98 Å². The van der Waals surface area contributed by atoms with E-state index >= 15 is 0 Å². The SMILES string of the molecule is COc1ccc2c(c1)C(N1CCC/C(=C\c3ccc(-n4cnc(C)c4)c(OC)c3)C1=O)CCC2. The molecule has 0 bridgehead atoms. The lowest BCUT2D eigenvalue weighted by atomic mass is 9.85. The van der Waals surface area contributed by atoms with Crippen molar-refractivity contribution in [3.05, 3.63) is 76.9 Å². The van der Waals surface area contributed by atoms with Crippen molar-refractivity contribution in [2.24, 2.45) is 0 Å². The number of benzene rings is 2. The van der Waals surface area contributed by atoms with E-state index in [2.05, 4.69) is 22.0 Å². The normalized spacial score (nSPS) is 19.3. The Morgan fingerprint density at radius 1 is 1.06 bits per heavy atom. The van der Waals surface area contributed by atoms with Crippen LogP contribution >= 0.6 is 0 Å². The van der Waals surface area contributed by atoms with Gasteiger partial charge in [-0.15, -0.1) is 0 Å². The second kappa shape index (κ2) is 9.37. The second-order valence-electron chi connectivity index (χ2n) is 9.10. The highest BCUT2D eigenvalue weighted by Crippen LogP contribution is 2.39. The maximum atomic E-state index is 13.6. The fourth-order valence-electron chi connectivity index (χ4n) is 5.22. The smallest absolute Gasteiger partial charge is 0.250 e. The number of carbonyl (C=O) groups is 1. The van der Waals surface area contributed by atoms with Gasteiger partial charge in [0.15, 0.2) is 0 Å². The van der Waals surface area contributed by atoms with Crippen molar-refractivity contribution >= 4 is 12.0 Å². The highest BCUT2D eigenvalue weighted by atomic mass is 16.5. The van der Waals surface area contributed by atoms with E-state index in [1.807, 2.05) is 48.0 Å². The van der Waals surface area contributed by atoms with E-state index < -0.39 is 0 Å². The molecule has 6 nitrogen and oxygen atoms in total. The number of carbonyl (C=O) groups excluding carboxylic acids is 1. The second-order valence-corrected chi connectivity index (χ2v) is 9.10. The van der Waals surface area contributed by atoms with Crippen molar-refractivity contribution in [3.63, 3.8) is 0 Å². The molecule has 1 saturated heterocycles. The number of fused-ring (bicyclic) bond motifs is 1. The van der Waals surface area contributed by atoms with E-state index in [0.29, 0.717) is 0 Å². The van der Waals surface area contributed by atoms with Crippen LogP contribution in [0.4, 0.5) is 0 Å². The van der Waals surface area contributed by atoms with Crippen molar-refractivity contribution in [2.75, 3.05) is 20.8 Å². The van der Waals surface area contributed by atoms with Crippen LogP contribution in [-0.4, -0.2) is 41.1 Å². The number of imidazole rings is 1. The number of amides is 1. The number of rotatable bonds is 5. The van der Waals surface area contributed by atoms with Crippen molar-refractivity contribution in [2.45, 2.75) is 45.1 Å². The number of piperidine rings is 1. The maximum absolute atomic E-state index is 13.6. The average Bonchev–Trinajstić information content (AvgIpc) is 3.30. The van der Waals surface area contributed by atoms with Gasteiger partial charge in [-0.1, -0.05) is 12.1 Å². The van der Waals surface area contributed by atoms with E-state index in [-0.39, 0.29) is 11.9 Å². The molecule has 34 heavy (non-hydrogen) atoms. The molecule has 1 fully saturated rings. The molecule has 1 atom stereocenters. The summed E-state index contributed by atoms with van der Waals surface area (Å²) in [6, 6.07) is 12.4. The Kier molecular flexibility index (Phi) is 6.14. The molecule has 176 valence electrons. The average molecular weight is 458 g/mol. The number of methoxy groups -OCH3 is 2. The molecule has 0 radical (unpaired) electrons. The van der Waals surface area contributed by atoms with Crippen LogP contribution in [0.15, 0.2) is 54.5 Å². The third-order valence-corrected chi connectivity index (χ3v) is 6.93. The fourth-order valence-corrected chi connectivity index (χ4v) is 5.22. The minimum atomic E-state index is 0.108. The van der Waals surface area contributed by atoms with Gasteiger partial charge in [0.2, 0.25) is 5.91 Å². The van der Waals surface area contributed by atoms with Gasteiger partial charge in [-0.05, 0) is 86.1 Å². The number of ether oxygens (including phenoxy) is 2. The molecular formula is C28H31N3O3. The molecule has 5 rings (SSSR count). The Hall–Kier alpha value is -3.54. The highest BCUT2D eigenvalue weighted by molar-refractivity contribution is 5.99. The van der Waals surface area contributed by atoms with Crippen LogP contribution in [0, 0.1) is 6.92 Å². The largest absolute Gasteiger partial charge is 0.497 e. The predicted molar refractivity (Wildman–Crippen MR) is 132 cm³/mol. The van der Waals surface area contributed by atoms with E-state index in [1.165, 1.54) is 11.1 Å². The number of aromatic nitrogens is 2. The van der Waals surface area contributed by atoms with Crippen LogP contribution in [0.5, 0.6) is 11.5 Å². The summed E-state index contributed by atoms with van der Waals surface area (Å²) in [5.41, 5.74) is 6.26. The van der Waals surface area contributed by atoms with Crippen molar-refractivity contribution < 1.29 is 14.3 Å². The summed E-state index contributed by atoms with van der Waals surface area (Å²) in [4.78, 5) is 20.0. The summed E-state index contributed by atoms with van der Waals surface area (Å²) in [5.74, 6) is 1.74. The lowest BCUT2D eigenvalue weighted by Gasteiger charge is -2.39. The molecule has 0 saturated carbocycles. The zero-order valence-electron chi connectivity index (χ0n) is 20.1. The van der Waals surface area contributed by atoms with Gasteiger partial charge in [0.25, 0.3) is 0 Å². The molecule has 2 heterocycles. The Balaban J connectivity index is 1.43. The summed E-state index contributed by atoms with van der Waals surface area (Å²) in [6.07, 6.45) is 10.7. The first-order valence-corrected chi connectivity index (χ1v) is 11.9. The molecule has 3 aromatic rings. The summed E-state index contributed by atoms with van der Waals surface area (Å²) < 4.78 is 13.1. The van der Waals surface area contributed by atoms with Crippen LogP contribution in [0.25, 0.3) is 11.8 Å². The van der Waals surface area contributed by atoms with Crippen molar-refractivity contribution in [1.82, 2.24) is 14.5 Å². The molecule has 1 aliphatic heterocycles. The molecule has 1 amide bonds. The minimum Gasteiger partial charge on any atom is -0.497 e. The number of nitrogens with zero attached hydrogens (tertiary/aromatic N) is 3. The summed E-state index contributed by atoms with van der Waals surface area (Å²) in [6.45, 7) is 2.75. The molecule has 1 unspecified atom stereocenters. The first-order valence-electron chi connectivity index (χ1n) is 11.9. The first-order chi connectivity index (χ1) is 16.6. The molecule has 2 aromatic carbocycles. The van der Waals surface area contributed by atoms with Gasteiger partial charge in [0, 0.05) is 18.3 Å². The number of likely N-dealkylation sites (tertiary alicyclic amines) is 1. The van der Waals surface area contributed by atoms with Gasteiger partial charge >= 0.3 is 0 Å². The Morgan fingerprint density at radius 3 is 2.71 bits per heavy atom. The Morgan fingerprint density at radius 2 is 1.94 bits per heavy atom. The van der Waals surface area contributed by atoms with Gasteiger partial charge in [0.1, 0.15) is 11.5 Å². The zero-order chi connectivity index (χ0) is 23.7. The highest BCUT2D eigenvalue weighted by Gasteiger charge is 2.33. The van der Waals surface area contributed by atoms with Gasteiger partial charge in [-0.2, -0.15) is 0 Å². The number of hydrogen-bond donors (Lipinski definition) is 0. The van der Waals surface area contributed by atoms with E-state index in [9.17, 15) is 4.79 Å². The fraction of sp³-hybridized carbons (Fsp3) is 0.357. The first kappa shape index (κ1) is 22.3. The molecule has 0 N–H and O–H groups in total. The third-order valence-electron chi connectivity index (χ3n) is 6.93. The summed E-state index contributed by atoms with van der Waals surface area (Å²) in [7, 11) is 3.36. The van der Waals surface area contributed by atoms with E-state index in [0.717, 1.165) is 72.7 Å². The molecule has 1 aromatic heterocycles. The van der Waals surface area contributed by atoms with Crippen molar-refractivity contribution in [3.8, 4) is 17.2 Å². The lowest BCUT2D eigenvalue weighted by Crippen LogP contribution is -2.41. The summed E-state index contributed by atoms with van der Waals surface area (Å²) >= 11 is 0. The van der Waals surface area contributed by atoms with E-state index in [4.69, 9.17) is 9.47 Å². The van der Waals surface area contributed by atoms with E-state index in [1.54, 1.807) is 20.5 Å². The number of aryl methyl sites for hydroxylation is 2. The zero-order valence-corrected chi connectivity index (χ0v) is 20.1. The predicted octanol–water partition coefficient (Wildman–Crippen LogP) is 5.28. The molecule has 6 heteroatoms. The molecular weight excluding hydrogens is 426 g/mol. The van der Waals surface area contributed by atoms with Crippen LogP contribution < -0.4 is 9.47 Å². The topological polar surface area (TPSA) is 56.6 Å². The Bertz CT molecular complexity index is 1240. The Labute approximate surface area is 200 Å². The van der Waals surface area contributed by atoms with Crippen LogP contribution in [0.2, 0.25) is 0 Å². The van der Waals surface area contributed by atoms with Gasteiger partial charge in [0.05, 0.1) is 38.0 Å². The minimum absolute atomic E-state index is 0.108. The number of hydrogen-bond acceptors (Lipinski definition) is 4. The van der Waals surface area contributed by atoms with Crippen molar-refractivity contribution in [1.29, 1.82) is 0 Å². The lowest BCUT2D eigenvalue weighted by molar-refractivity contribution is -0.131. The van der Waals surface area contributed by atoms with Crippen LogP contribution in [-0.2, 0) is 11.2 Å². The standard InChI is InChI=1S/C28H31N3O3/c1-19-17-30(18-29-19)26-12-9-20(15-27(26)34-3)14-22-7-5-13-31(28(22)32)25-8-4-6-21-10-11-23(33-2)16-24(21)25/h9-12,14-18,25H,4-8,13H2,1-3H3/b22-14+. The van der Waals surface area contributed by atoms with Gasteiger partial charge < -0.3 is 18.9 Å². The van der Waals surface area contributed by atoms with Crippen LogP contribution in [0.1, 0.15) is 54.1 Å². The maximum Gasteiger partial charge on any atom is 0.250 e. The monoisotopic (exact) mass is 457 g/mol. The van der Waals surface area contributed by atoms with Crippen LogP contribution in [0.3, 0.4) is 0 Å². The summed E-state index contributed by atoms with van der Waals surface area (Å²) in [5, 5.41) is 0. The third kappa shape index (κ3) is 4.20. The van der Waals surface area contributed by atoms with Gasteiger partial charge in [-0.3, -0.25) is 4.79 Å². The molecule has 2 aliphatic rings. The molecule has 0 spiro atoms. The molecule has 1 aliphatic carbocycles.